The molecule has 1 N–H and O–H groups in total. The highest BCUT2D eigenvalue weighted by Gasteiger charge is 2.27. The van der Waals surface area contributed by atoms with E-state index in [1.807, 2.05) is 0 Å². The normalized spacial score (nSPS) is 20.4. The molecule has 1 aliphatic heterocycles. The van der Waals surface area contributed by atoms with Gasteiger partial charge in [-0.25, -0.2) is 0 Å². The predicted molar refractivity (Wildman–Crippen MR) is 88.4 cm³/mol. The van der Waals surface area contributed by atoms with Crippen LogP contribution in [0.25, 0.3) is 0 Å². The molecule has 0 aromatic carbocycles. The minimum Gasteiger partial charge on any atom is -0.355 e. The van der Waals surface area contributed by atoms with Crippen LogP contribution in [-0.2, 0) is 6.54 Å². The average molecular weight is 290 g/mol. The summed E-state index contributed by atoms with van der Waals surface area (Å²) in [6.45, 7) is 13.2. The van der Waals surface area contributed by atoms with Crippen LogP contribution in [0.5, 0.6) is 0 Å². The number of hydrogen-bond acceptors (Lipinski definition) is 4. The van der Waals surface area contributed by atoms with E-state index in [0.717, 1.165) is 43.6 Å². The molecule has 21 heavy (non-hydrogen) atoms. The van der Waals surface area contributed by atoms with Crippen LogP contribution in [0.15, 0.2) is 12.1 Å². The number of nitrogens with one attached hydrogen (secondary N) is 1. The van der Waals surface area contributed by atoms with Crippen molar-refractivity contribution in [2.75, 3.05) is 24.5 Å². The Labute approximate surface area is 129 Å². The van der Waals surface area contributed by atoms with Crippen molar-refractivity contribution in [1.82, 2.24) is 15.5 Å². The Hall–Kier alpha value is -1.16. The van der Waals surface area contributed by atoms with Crippen molar-refractivity contribution in [2.45, 2.75) is 53.5 Å². The minimum atomic E-state index is 0.414. The summed E-state index contributed by atoms with van der Waals surface area (Å²) < 4.78 is 0. The van der Waals surface area contributed by atoms with Gasteiger partial charge in [-0.1, -0.05) is 27.7 Å². The molecule has 1 unspecified atom stereocenters. The van der Waals surface area contributed by atoms with Gasteiger partial charge in [0.1, 0.15) is 0 Å². The van der Waals surface area contributed by atoms with Crippen molar-refractivity contribution in [1.29, 1.82) is 0 Å². The second-order valence-corrected chi connectivity index (χ2v) is 7.14. The molecule has 0 saturated carbocycles. The molecule has 2 heterocycles. The number of aromatic nitrogens is 2. The maximum atomic E-state index is 4.42. The zero-order valence-electron chi connectivity index (χ0n) is 14.0. The van der Waals surface area contributed by atoms with Crippen LogP contribution in [0.4, 0.5) is 5.82 Å². The highest BCUT2D eigenvalue weighted by atomic mass is 15.3. The van der Waals surface area contributed by atoms with E-state index in [1.54, 1.807) is 0 Å². The molecule has 1 aromatic rings. The van der Waals surface area contributed by atoms with E-state index in [0.29, 0.717) is 5.41 Å². The van der Waals surface area contributed by atoms with Crippen molar-refractivity contribution in [3.8, 4) is 0 Å². The number of rotatable bonds is 4. The molecule has 1 aliphatic rings. The van der Waals surface area contributed by atoms with Gasteiger partial charge in [-0.15, -0.1) is 5.10 Å². The molecule has 1 saturated heterocycles. The van der Waals surface area contributed by atoms with Crippen molar-refractivity contribution in [2.24, 2.45) is 11.3 Å². The van der Waals surface area contributed by atoms with Gasteiger partial charge in [0.15, 0.2) is 5.82 Å². The third-order valence-corrected chi connectivity index (χ3v) is 4.54. The molecule has 0 radical (unpaired) electrons. The molecule has 1 atom stereocenters. The van der Waals surface area contributed by atoms with Crippen LogP contribution in [0.2, 0.25) is 0 Å². The van der Waals surface area contributed by atoms with Crippen LogP contribution in [0.3, 0.4) is 0 Å². The third kappa shape index (κ3) is 4.67. The second-order valence-electron chi connectivity index (χ2n) is 7.14. The summed E-state index contributed by atoms with van der Waals surface area (Å²) in [7, 11) is 0. The zero-order valence-corrected chi connectivity index (χ0v) is 14.0. The molecule has 2 rings (SSSR count). The van der Waals surface area contributed by atoms with E-state index >= 15 is 0 Å². The van der Waals surface area contributed by atoms with Gasteiger partial charge in [0.25, 0.3) is 0 Å². The van der Waals surface area contributed by atoms with E-state index < -0.39 is 0 Å². The topological polar surface area (TPSA) is 41.0 Å². The fourth-order valence-electron chi connectivity index (χ4n) is 3.06. The summed E-state index contributed by atoms with van der Waals surface area (Å²) in [5.74, 6) is 1.84. The number of anilines is 1. The van der Waals surface area contributed by atoms with E-state index in [2.05, 4.69) is 60.2 Å². The van der Waals surface area contributed by atoms with E-state index in [9.17, 15) is 0 Å². The van der Waals surface area contributed by atoms with Gasteiger partial charge in [0.2, 0.25) is 0 Å². The van der Waals surface area contributed by atoms with Crippen molar-refractivity contribution < 1.29 is 0 Å². The first-order valence-corrected chi connectivity index (χ1v) is 8.29. The second kappa shape index (κ2) is 7.21. The highest BCUT2D eigenvalue weighted by molar-refractivity contribution is 5.37. The molecule has 118 valence electrons. The summed E-state index contributed by atoms with van der Waals surface area (Å²) >= 11 is 0. The maximum Gasteiger partial charge on any atom is 0.151 e. The Kier molecular flexibility index (Phi) is 5.57. The van der Waals surface area contributed by atoms with Gasteiger partial charge >= 0.3 is 0 Å². The standard InChI is InChI=1S/C17H30N4/c1-5-18-13-15-8-9-16(20-19-15)21-11-6-7-14(10-12-21)17(2,3)4/h8-9,14,18H,5-7,10-13H2,1-4H3. The number of nitrogens with zero attached hydrogens (tertiary/aromatic N) is 3. The van der Waals surface area contributed by atoms with Gasteiger partial charge < -0.3 is 10.2 Å². The monoisotopic (exact) mass is 290 g/mol. The average Bonchev–Trinajstić information content (AvgIpc) is 2.71. The molecule has 4 heteroatoms. The smallest absolute Gasteiger partial charge is 0.151 e. The minimum absolute atomic E-state index is 0.414. The quantitative estimate of drug-likeness (QED) is 0.924. The molecule has 0 amide bonds. The van der Waals surface area contributed by atoms with Crippen molar-refractivity contribution >= 4 is 5.82 Å². The van der Waals surface area contributed by atoms with Gasteiger partial charge in [0.05, 0.1) is 5.69 Å². The Morgan fingerprint density at radius 2 is 2.00 bits per heavy atom. The fourth-order valence-corrected chi connectivity index (χ4v) is 3.06. The van der Waals surface area contributed by atoms with E-state index in [4.69, 9.17) is 0 Å². The third-order valence-electron chi connectivity index (χ3n) is 4.54. The first-order chi connectivity index (χ1) is 10.0. The largest absolute Gasteiger partial charge is 0.355 e. The van der Waals surface area contributed by atoms with Crippen LogP contribution < -0.4 is 10.2 Å². The zero-order chi connectivity index (χ0) is 15.3. The highest BCUT2D eigenvalue weighted by Crippen LogP contribution is 2.34. The Morgan fingerprint density at radius 3 is 2.62 bits per heavy atom. The van der Waals surface area contributed by atoms with E-state index in [-0.39, 0.29) is 0 Å². The molecular weight excluding hydrogens is 260 g/mol. The Balaban J connectivity index is 1.96. The molecule has 0 spiro atoms. The fraction of sp³-hybridized carbons (Fsp3) is 0.765. The Morgan fingerprint density at radius 1 is 1.19 bits per heavy atom. The SMILES string of the molecule is CCNCc1ccc(N2CCCC(C(C)(C)C)CC2)nn1. The van der Waals surface area contributed by atoms with Crippen LogP contribution in [0.1, 0.15) is 52.7 Å². The summed E-state index contributed by atoms with van der Waals surface area (Å²) in [6, 6.07) is 4.22. The van der Waals surface area contributed by atoms with Crippen LogP contribution in [-0.4, -0.2) is 29.8 Å². The van der Waals surface area contributed by atoms with Gasteiger partial charge in [-0.3, -0.25) is 0 Å². The van der Waals surface area contributed by atoms with E-state index in [1.165, 1.54) is 19.3 Å². The molecule has 1 aromatic heterocycles. The predicted octanol–water partition coefficient (Wildman–Crippen LogP) is 3.24. The summed E-state index contributed by atoms with van der Waals surface area (Å²) in [5.41, 5.74) is 1.43. The molecule has 1 fully saturated rings. The van der Waals surface area contributed by atoms with Gasteiger partial charge in [-0.2, -0.15) is 5.10 Å². The summed E-state index contributed by atoms with van der Waals surface area (Å²) in [4.78, 5) is 2.40. The molecule has 4 nitrogen and oxygen atoms in total. The molecule has 0 aliphatic carbocycles. The lowest BCUT2D eigenvalue weighted by molar-refractivity contribution is 0.220. The lowest BCUT2D eigenvalue weighted by Crippen LogP contribution is -2.27. The first-order valence-electron chi connectivity index (χ1n) is 8.29. The van der Waals surface area contributed by atoms with Crippen molar-refractivity contribution in [3.63, 3.8) is 0 Å². The lowest BCUT2D eigenvalue weighted by atomic mass is 9.77. The van der Waals surface area contributed by atoms with Crippen LogP contribution in [0, 0.1) is 11.3 Å². The van der Waals surface area contributed by atoms with Crippen molar-refractivity contribution in [3.05, 3.63) is 17.8 Å². The summed E-state index contributed by atoms with van der Waals surface area (Å²) in [6.07, 6.45) is 3.83. The van der Waals surface area contributed by atoms with Gasteiger partial charge in [0, 0.05) is 19.6 Å². The molecule has 0 bridgehead atoms. The van der Waals surface area contributed by atoms with Crippen LogP contribution >= 0.6 is 0 Å². The lowest BCUT2D eigenvalue weighted by Gasteiger charge is -2.29. The number of hydrogen-bond donors (Lipinski definition) is 1. The Bertz CT molecular complexity index is 421. The first kappa shape index (κ1) is 16.2. The van der Waals surface area contributed by atoms with Gasteiger partial charge in [-0.05, 0) is 49.3 Å². The molecular formula is C17H30N4. The maximum absolute atomic E-state index is 4.42. The summed E-state index contributed by atoms with van der Waals surface area (Å²) in [5, 5.41) is 12.0.